The molecule has 0 atom stereocenters. The number of aromatic hydroxyl groups is 1. The van der Waals surface area contributed by atoms with E-state index < -0.39 is 5.63 Å². The summed E-state index contributed by atoms with van der Waals surface area (Å²) in [6.07, 6.45) is 0.455. The van der Waals surface area contributed by atoms with Crippen molar-refractivity contribution in [1.29, 1.82) is 0 Å². The van der Waals surface area contributed by atoms with E-state index in [-0.39, 0.29) is 10.8 Å². The molecule has 0 saturated heterocycles. The predicted octanol–water partition coefficient (Wildman–Crippen LogP) is 1.65. The normalized spacial score (nSPS) is 10.9. The number of hydrogen-bond donors (Lipinski definition) is 2. The van der Waals surface area contributed by atoms with Gasteiger partial charge in [0.05, 0.1) is 5.02 Å². The van der Waals surface area contributed by atoms with Crippen molar-refractivity contribution in [2.75, 3.05) is 6.54 Å². The highest BCUT2D eigenvalue weighted by molar-refractivity contribution is 6.32. The molecule has 5 heteroatoms. The number of hydrogen-bond acceptors (Lipinski definition) is 4. The Morgan fingerprint density at radius 2 is 2.12 bits per heavy atom. The van der Waals surface area contributed by atoms with Crippen LogP contribution < -0.4 is 11.4 Å². The van der Waals surface area contributed by atoms with Crippen LogP contribution in [-0.4, -0.2) is 11.7 Å². The molecule has 0 saturated carbocycles. The highest BCUT2D eigenvalue weighted by atomic mass is 35.5. The molecular weight excluding hydrogens is 230 g/mol. The maximum Gasteiger partial charge on any atom is 0.339 e. The van der Waals surface area contributed by atoms with Gasteiger partial charge in [0.1, 0.15) is 11.3 Å². The Balaban J connectivity index is 2.70. The van der Waals surface area contributed by atoms with Crippen molar-refractivity contribution >= 4 is 22.6 Å². The predicted molar refractivity (Wildman–Crippen MR) is 61.9 cm³/mol. The molecule has 0 aliphatic heterocycles. The number of phenolic OH excluding ortho intramolecular Hbond substituents is 1. The first kappa shape index (κ1) is 11.0. The van der Waals surface area contributed by atoms with Crippen molar-refractivity contribution in [2.45, 2.75) is 6.42 Å². The van der Waals surface area contributed by atoms with Gasteiger partial charge in [-0.2, -0.15) is 0 Å². The SMILES string of the molecule is NCCc1cc2cc(Cl)c(O)cc2oc1=O. The Bertz CT molecular complexity index is 592. The van der Waals surface area contributed by atoms with E-state index in [1.54, 1.807) is 12.1 Å². The van der Waals surface area contributed by atoms with E-state index in [4.69, 9.17) is 21.8 Å². The third-order valence-corrected chi connectivity index (χ3v) is 2.59. The number of rotatable bonds is 2. The fourth-order valence-electron chi connectivity index (χ4n) is 1.50. The van der Waals surface area contributed by atoms with Crippen molar-refractivity contribution < 1.29 is 9.52 Å². The quantitative estimate of drug-likeness (QED) is 0.782. The van der Waals surface area contributed by atoms with Gasteiger partial charge in [0.15, 0.2) is 0 Å². The summed E-state index contributed by atoms with van der Waals surface area (Å²) < 4.78 is 5.05. The fraction of sp³-hybridized carbons (Fsp3) is 0.182. The number of fused-ring (bicyclic) bond motifs is 1. The minimum absolute atomic E-state index is 0.108. The van der Waals surface area contributed by atoms with Crippen molar-refractivity contribution in [3.05, 3.63) is 39.2 Å². The molecule has 3 N–H and O–H groups in total. The van der Waals surface area contributed by atoms with Gasteiger partial charge in [0.25, 0.3) is 0 Å². The molecule has 84 valence electrons. The molecule has 0 amide bonds. The molecule has 1 aromatic carbocycles. The summed E-state index contributed by atoms with van der Waals surface area (Å²) in [5.41, 5.74) is 5.77. The molecule has 2 aromatic rings. The van der Waals surface area contributed by atoms with Crippen LogP contribution in [0.4, 0.5) is 0 Å². The summed E-state index contributed by atoms with van der Waals surface area (Å²) in [7, 11) is 0. The Morgan fingerprint density at radius 3 is 2.81 bits per heavy atom. The van der Waals surface area contributed by atoms with Crippen LogP contribution in [-0.2, 0) is 6.42 Å². The average Bonchev–Trinajstić information content (AvgIpc) is 2.23. The van der Waals surface area contributed by atoms with Gasteiger partial charge < -0.3 is 15.3 Å². The molecule has 0 radical (unpaired) electrons. The molecule has 0 fully saturated rings. The first-order valence-corrected chi connectivity index (χ1v) is 5.15. The highest BCUT2D eigenvalue weighted by Gasteiger charge is 2.07. The molecular formula is C11H10ClNO3. The van der Waals surface area contributed by atoms with Crippen LogP contribution in [0.3, 0.4) is 0 Å². The van der Waals surface area contributed by atoms with Gasteiger partial charge >= 0.3 is 5.63 Å². The molecule has 1 heterocycles. The number of halogens is 1. The maximum absolute atomic E-state index is 11.5. The van der Waals surface area contributed by atoms with Crippen molar-refractivity contribution in [1.82, 2.24) is 0 Å². The summed E-state index contributed by atoms with van der Waals surface area (Å²) in [5, 5.41) is 10.3. The maximum atomic E-state index is 11.5. The van der Waals surface area contributed by atoms with E-state index in [2.05, 4.69) is 0 Å². The Hall–Kier alpha value is -1.52. The third-order valence-electron chi connectivity index (χ3n) is 2.29. The van der Waals surface area contributed by atoms with Gasteiger partial charge in [0, 0.05) is 17.0 Å². The fourth-order valence-corrected chi connectivity index (χ4v) is 1.67. The standard InChI is InChI=1S/C11H10ClNO3/c12-8-4-7-3-6(1-2-13)11(15)16-10(7)5-9(8)14/h3-5,14H,1-2,13H2. The van der Waals surface area contributed by atoms with E-state index >= 15 is 0 Å². The highest BCUT2D eigenvalue weighted by Crippen LogP contribution is 2.28. The van der Waals surface area contributed by atoms with Crippen LogP contribution in [0.25, 0.3) is 11.0 Å². The second kappa shape index (κ2) is 4.15. The lowest BCUT2D eigenvalue weighted by atomic mass is 10.1. The average molecular weight is 240 g/mol. The monoisotopic (exact) mass is 239 g/mol. The summed E-state index contributed by atoms with van der Waals surface area (Å²) in [5.74, 6) is -0.108. The zero-order valence-corrected chi connectivity index (χ0v) is 9.12. The van der Waals surface area contributed by atoms with Crippen LogP contribution >= 0.6 is 11.6 Å². The number of benzene rings is 1. The van der Waals surface area contributed by atoms with E-state index in [0.29, 0.717) is 29.5 Å². The van der Waals surface area contributed by atoms with E-state index in [1.165, 1.54) is 6.07 Å². The Morgan fingerprint density at radius 1 is 1.38 bits per heavy atom. The Labute approximate surface area is 96.2 Å². The lowest BCUT2D eigenvalue weighted by Gasteiger charge is -2.02. The smallest absolute Gasteiger partial charge is 0.339 e. The van der Waals surface area contributed by atoms with E-state index in [0.717, 1.165) is 0 Å². The topological polar surface area (TPSA) is 76.5 Å². The molecule has 16 heavy (non-hydrogen) atoms. The second-order valence-electron chi connectivity index (χ2n) is 3.44. The van der Waals surface area contributed by atoms with Gasteiger partial charge in [0.2, 0.25) is 0 Å². The minimum atomic E-state index is -0.431. The van der Waals surface area contributed by atoms with Crippen LogP contribution in [0, 0.1) is 0 Å². The second-order valence-corrected chi connectivity index (χ2v) is 3.85. The largest absolute Gasteiger partial charge is 0.506 e. The molecule has 0 bridgehead atoms. The lowest BCUT2D eigenvalue weighted by molar-refractivity contribution is 0.473. The van der Waals surface area contributed by atoms with Crippen LogP contribution in [0.5, 0.6) is 5.75 Å². The van der Waals surface area contributed by atoms with Gasteiger partial charge in [-0.1, -0.05) is 11.6 Å². The molecule has 1 aromatic heterocycles. The Kier molecular flexibility index (Phi) is 2.85. The molecule has 0 aliphatic rings. The van der Waals surface area contributed by atoms with E-state index in [9.17, 15) is 9.90 Å². The number of phenols is 1. The molecule has 0 unspecified atom stereocenters. The van der Waals surface area contributed by atoms with Gasteiger partial charge in [-0.3, -0.25) is 0 Å². The summed E-state index contributed by atoms with van der Waals surface area (Å²) in [4.78, 5) is 11.5. The van der Waals surface area contributed by atoms with Crippen molar-refractivity contribution in [2.24, 2.45) is 5.73 Å². The summed E-state index contributed by atoms with van der Waals surface area (Å²) in [6.45, 7) is 0.377. The molecule has 4 nitrogen and oxygen atoms in total. The summed E-state index contributed by atoms with van der Waals surface area (Å²) >= 11 is 5.76. The van der Waals surface area contributed by atoms with Crippen LogP contribution in [0.2, 0.25) is 5.02 Å². The lowest BCUT2D eigenvalue weighted by Crippen LogP contribution is -2.12. The molecule has 0 spiro atoms. The van der Waals surface area contributed by atoms with Crippen LogP contribution in [0.1, 0.15) is 5.56 Å². The van der Waals surface area contributed by atoms with E-state index in [1.807, 2.05) is 0 Å². The van der Waals surface area contributed by atoms with Crippen molar-refractivity contribution in [3.8, 4) is 5.75 Å². The third kappa shape index (κ3) is 1.89. The summed E-state index contributed by atoms with van der Waals surface area (Å²) in [6, 6.07) is 4.56. The van der Waals surface area contributed by atoms with Gasteiger partial charge in [-0.05, 0) is 25.1 Å². The van der Waals surface area contributed by atoms with Crippen molar-refractivity contribution in [3.63, 3.8) is 0 Å². The zero-order chi connectivity index (χ0) is 11.7. The first-order chi connectivity index (χ1) is 7.61. The first-order valence-electron chi connectivity index (χ1n) is 4.77. The van der Waals surface area contributed by atoms with Gasteiger partial charge in [-0.25, -0.2) is 4.79 Å². The molecule has 2 rings (SSSR count). The minimum Gasteiger partial charge on any atom is -0.506 e. The zero-order valence-electron chi connectivity index (χ0n) is 8.37. The molecule has 0 aliphatic carbocycles. The number of nitrogens with two attached hydrogens (primary N) is 1. The van der Waals surface area contributed by atoms with Crippen LogP contribution in [0.15, 0.2) is 27.4 Å². The van der Waals surface area contributed by atoms with Gasteiger partial charge in [-0.15, -0.1) is 0 Å².